The van der Waals surface area contributed by atoms with Gasteiger partial charge in [0.15, 0.2) is 0 Å². The molecule has 2 atom stereocenters. The summed E-state index contributed by atoms with van der Waals surface area (Å²) in [4.78, 5) is 2.95. The number of hydrogen-bond acceptors (Lipinski definition) is 1. The van der Waals surface area contributed by atoms with E-state index in [1.54, 1.807) is 12.3 Å². The van der Waals surface area contributed by atoms with Gasteiger partial charge in [-0.1, -0.05) is 6.07 Å². The van der Waals surface area contributed by atoms with E-state index in [2.05, 4.69) is 10.3 Å². The van der Waals surface area contributed by atoms with Crippen LogP contribution in [0, 0.1) is 17.5 Å². The molecule has 1 heterocycles. The van der Waals surface area contributed by atoms with Crippen LogP contribution >= 0.6 is 0 Å². The van der Waals surface area contributed by atoms with Gasteiger partial charge in [-0.25, -0.2) is 13.2 Å². The van der Waals surface area contributed by atoms with E-state index in [0.29, 0.717) is 17.3 Å². The van der Waals surface area contributed by atoms with Crippen LogP contribution in [0.15, 0.2) is 36.5 Å². The molecule has 0 spiro atoms. The molecule has 0 amide bonds. The summed E-state index contributed by atoms with van der Waals surface area (Å²) in [6.07, 6.45) is 2.43. The highest BCUT2D eigenvalue weighted by Gasteiger charge is 2.33. The van der Waals surface area contributed by atoms with Crippen molar-refractivity contribution in [3.8, 4) is 0 Å². The third-order valence-electron chi connectivity index (χ3n) is 4.72. The van der Waals surface area contributed by atoms with Crippen molar-refractivity contribution in [2.75, 3.05) is 7.05 Å². The second-order valence-corrected chi connectivity index (χ2v) is 5.96. The van der Waals surface area contributed by atoms with Gasteiger partial charge < -0.3 is 10.3 Å². The molecule has 0 radical (unpaired) electrons. The highest BCUT2D eigenvalue weighted by molar-refractivity contribution is 5.85. The van der Waals surface area contributed by atoms with E-state index in [-0.39, 0.29) is 17.8 Å². The third-order valence-corrected chi connectivity index (χ3v) is 4.72. The summed E-state index contributed by atoms with van der Waals surface area (Å²) in [6.45, 7) is 0. The van der Waals surface area contributed by atoms with Crippen LogP contribution in [0.4, 0.5) is 13.2 Å². The average molecular weight is 316 g/mol. The summed E-state index contributed by atoms with van der Waals surface area (Å²) >= 11 is 0. The normalized spacial score (nSPS) is 20.2. The van der Waals surface area contributed by atoms with Crippen molar-refractivity contribution in [1.29, 1.82) is 0 Å². The standard InChI is InChI=1S/C18H15F3N2/c1-22-16-7-12(11-3-2-9(19)4-13(11)16)14-8-23-17-6-10(20)5-15(21)18(14)17/h2-6,8,12,16,22-23H,7H2,1H3. The lowest BCUT2D eigenvalue weighted by Gasteiger charge is -2.11. The van der Waals surface area contributed by atoms with Gasteiger partial charge in [-0.3, -0.25) is 0 Å². The van der Waals surface area contributed by atoms with Gasteiger partial charge in [0.25, 0.3) is 0 Å². The molecule has 2 unspecified atom stereocenters. The number of halogens is 3. The molecule has 2 aromatic carbocycles. The van der Waals surface area contributed by atoms with Crippen molar-refractivity contribution >= 4 is 10.9 Å². The van der Waals surface area contributed by atoms with Gasteiger partial charge in [-0.15, -0.1) is 0 Å². The van der Waals surface area contributed by atoms with Crippen molar-refractivity contribution in [1.82, 2.24) is 10.3 Å². The van der Waals surface area contributed by atoms with E-state index in [1.165, 1.54) is 18.2 Å². The summed E-state index contributed by atoms with van der Waals surface area (Å²) < 4.78 is 41.2. The minimum absolute atomic E-state index is 0.0131. The lowest BCUT2D eigenvalue weighted by Crippen LogP contribution is -2.13. The maximum absolute atomic E-state index is 14.3. The molecular weight excluding hydrogens is 301 g/mol. The molecule has 4 rings (SSSR count). The Morgan fingerprint density at radius 3 is 2.61 bits per heavy atom. The van der Waals surface area contributed by atoms with Crippen LogP contribution in [0.3, 0.4) is 0 Å². The Balaban J connectivity index is 1.90. The van der Waals surface area contributed by atoms with Crippen LogP contribution in [0.2, 0.25) is 0 Å². The molecule has 23 heavy (non-hydrogen) atoms. The van der Waals surface area contributed by atoms with E-state index in [1.807, 2.05) is 7.05 Å². The van der Waals surface area contributed by atoms with Crippen molar-refractivity contribution in [2.45, 2.75) is 18.4 Å². The van der Waals surface area contributed by atoms with Gasteiger partial charge in [0.1, 0.15) is 17.5 Å². The van der Waals surface area contributed by atoms with Gasteiger partial charge in [0.2, 0.25) is 0 Å². The first kappa shape index (κ1) is 14.3. The fraction of sp³-hybridized carbons (Fsp3) is 0.222. The Bertz CT molecular complexity index is 901. The van der Waals surface area contributed by atoms with E-state index in [9.17, 15) is 13.2 Å². The first-order chi connectivity index (χ1) is 11.1. The zero-order valence-electron chi connectivity index (χ0n) is 12.5. The molecule has 2 N–H and O–H groups in total. The maximum Gasteiger partial charge on any atom is 0.135 e. The minimum Gasteiger partial charge on any atom is -0.361 e. The van der Waals surface area contributed by atoms with E-state index in [0.717, 1.165) is 22.8 Å². The van der Waals surface area contributed by atoms with Crippen LogP contribution in [0.5, 0.6) is 0 Å². The Kier molecular flexibility index (Phi) is 3.20. The quantitative estimate of drug-likeness (QED) is 0.721. The topological polar surface area (TPSA) is 27.8 Å². The Hall–Kier alpha value is -2.27. The molecule has 118 valence electrons. The summed E-state index contributed by atoms with van der Waals surface area (Å²) in [5.74, 6) is -1.52. The SMILES string of the molecule is CNC1CC(c2c[nH]c3cc(F)cc(F)c23)c2ccc(F)cc21. The molecule has 0 bridgehead atoms. The second kappa shape index (κ2) is 5.13. The fourth-order valence-corrected chi connectivity index (χ4v) is 3.71. The van der Waals surface area contributed by atoms with E-state index >= 15 is 0 Å². The number of H-pyrrole nitrogens is 1. The van der Waals surface area contributed by atoms with E-state index < -0.39 is 11.6 Å². The maximum atomic E-state index is 14.3. The third kappa shape index (κ3) is 2.15. The first-order valence-corrected chi connectivity index (χ1v) is 7.51. The molecule has 2 nitrogen and oxygen atoms in total. The molecule has 5 heteroatoms. The molecule has 0 saturated heterocycles. The number of hydrogen-bond donors (Lipinski definition) is 2. The van der Waals surface area contributed by atoms with Gasteiger partial charge in [0.05, 0.1) is 5.52 Å². The predicted molar refractivity (Wildman–Crippen MR) is 82.9 cm³/mol. The summed E-state index contributed by atoms with van der Waals surface area (Å²) in [7, 11) is 1.83. The highest BCUT2D eigenvalue weighted by Crippen LogP contribution is 2.46. The number of rotatable bonds is 2. The van der Waals surface area contributed by atoms with Gasteiger partial charge in [-0.2, -0.15) is 0 Å². The summed E-state index contributed by atoms with van der Waals surface area (Å²) in [5.41, 5.74) is 3.10. The molecular formula is C18H15F3N2. The van der Waals surface area contributed by atoms with Crippen molar-refractivity contribution < 1.29 is 13.2 Å². The van der Waals surface area contributed by atoms with Crippen LogP contribution in [0.25, 0.3) is 10.9 Å². The largest absolute Gasteiger partial charge is 0.361 e. The molecule has 1 aromatic heterocycles. The van der Waals surface area contributed by atoms with Crippen LogP contribution in [-0.4, -0.2) is 12.0 Å². The van der Waals surface area contributed by atoms with Gasteiger partial charge in [0, 0.05) is 29.6 Å². The van der Waals surface area contributed by atoms with Crippen molar-refractivity contribution in [2.24, 2.45) is 0 Å². The Morgan fingerprint density at radius 2 is 1.83 bits per heavy atom. The molecule has 1 aliphatic rings. The zero-order valence-corrected chi connectivity index (χ0v) is 12.5. The molecule has 0 fully saturated rings. The van der Waals surface area contributed by atoms with Crippen LogP contribution in [0.1, 0.15) is 35.1 Å². The molecule has 0 aliphatic heterocycles. The lowest BCUT2D eigenvalue weighted by atomic mass is 9.92. The second-order valence-electron chi connectivity index (χ2n) is 5.96. The highest BCUT2D eigenvalue weighted by atomic mass is 19.1. The monoisotopic (exact) mass is 316 g/mol. The van der Waals surface area contributed by atoms with Gasteiger partial charge in [-0.05, 0) is 48.4 Å². The number of benzene rings is 2. The first-order valence-electron chi connectivity index (χ1n) is 7.51. The Morgan fingerprint density at radius 1 is 1.00 bits per heavy atom. The fourth-order valence-electron chi connectivity index (χ4n) is 3.71. The molecule has 3 aromatic rings. The van der Waals surface area contributed by atoms with Crippen LogP contribution < -0.4 is 5.32 Å². The van der Waals surface area contributed by atoms with E-state index in [4.69, 9.17) is 0 Å². The summed E-state index contributed by atoms with van der Waals surface area (Å²) in [6, 6.07) is 6.91. The number of nitrogens with one attached hydrogen (secondary N) is 2. The van der Waals surface area contributed by atoms with Crippen molar-refractivity contribution in [3.05, 3.63) is 70.7 Å². The van der Waals surface area contributed by atoms with Crippen LogP contribution in [-0.2, 0) is 0 Å². The molecule has 1 aliphatic carbocycles. The Labute approximate surface area is 131 Å². The summed E-state index contributed by atoms with van der Waals surface area (Å²) in [5, 5.41) is 3.59. The number of aromatic amines is 1. The lowest BCUT2D eigenvalue weighted by molar-refractivity contribution is 0.560. The predicted octanol–water partition coefficient (Wildman–Crippen LogP) is 4.38. The smallest absolute Gasteiger partial charge is 0.135 e. The minimum atomic E-state index is -0.606. The van der Waals surface area contributed by atoms with Crippen molar-refractivity contribution in [3.63, 3.8) is 0 Å². The number of fused-ring (bicyclic) bond motifs is 2. The average Bonchev–Trinajstić information content (AvgIpc) is 3.07. The number of aromatic nitrogens is 1. The van der Waals surface area contributed by atoms with Gasteiger partial charge >= 0.3 is 0 Å². The zero-order chi connectivity index (χ0) is 16.1. The molecule has 0 saturated carbocycles.